The van der Waals surface area contributed by atoms with E-state index < -0.39 is 11.5 Å². The summed E-state index contributed by atoms with van der Waals surface area (Å²) in [7, 11) is 0. The Balaban J connectivity index is 1.07. The first-order valence-electron chi connectivity index (χ1n) is 11.8. The number of rotatable bonds is 5. The number of hydrogen-bond donors (Lipinski definition) is 1. The molecule has 1 aliphatic rings. The van der Waals surface area contributed by atoms with Crippen LogP contribution >= 0.6 is 11.3 Å². The maximum atomic E-state index is 13.5. The summed E-state index contributed by atoms with van der Waals surface area (Å²) in [5, 5.41) is 6.46. The van der Waals surface area contributed by atoms with Crippen LogP contribution in [0.25, 0.3) is 32.0 Å². The van der Waals surface area contributed by atoms with Gasteiger partial charge in [-0.3, -0.25) is 9.69 Å². The Hall–Kier alpha value is -3.82. The quantitative estimate of drug-likeness (QED) is 0.286. The average molecular weight is 503 g/mol. The van der Waals surface area contributed by atoms with E-state index in [1.807, 2.05) is 30.3 Å². The minimum atomic E-state index is -0.639. The Kier molecular flexibility index (Phi) is 5.86. The number of piperazine rings is 1. The molecule has 5 aromatic rings. The predicted octanol–water partition coefficient (Wildman–Crippen LogP) is 4.25. The molecule has 0 saturated carbocycles. The Morgan fingerprint density at radius 2 is 1.86 bits per heavy atom. The topological polar surface area (TPSA) is 78.7 Å². The van der Waals surface area contributed by atoms with Crippen LogP contribution in [0.1, 0.15) is 10.4 Å². The van der Waals surface area contributed by atoms with Crippen molar-refractivity contribution in [3.8, 4) is 0 Å². The van der Waals surface area contributed by atoms with Gasteiger partial charge in [-0.1, -0.05) is 41.7 Å². The maximum absolute atomic E-state index is 13.5. The van der Waals surface area contributed by atoms with E-state index in [1.54, 1.807) is 18.2 Å². The number of amides is 1. The third kappa shape index (κ3) is 4.31. The van der Waals surface area contributed by atoms with Gasteiger partial charge >= 0.3 is 5.63 Å². The fourth-order valence-corrected chi connectivity index (χ4v) is 5.68. The van der Waals surface area contributed by atoms with Gasteiger partial charge in [-0.25, -0.2) is 14.2 Å². The zero-order valence-corrected chi connectivity index (χ0v) is 20.2. The minimum absolute atomic E-state index is 0.0101. The van der Waals surface area contributed by atoms with Crippen LogP contribution < -0.4 is 15.8 Å². The molecule has 36 heavy (non-hydrogen) atoms. The molecular weight excluding hydrogens is 479 g/mol. The molecule has 1 aliphatic heterocycles. The second-order valence-electron chi connectivity index (χ2n) is 8.84. The molecule has 3 aromatic carbocycles. The lowest BCUT2D eigenvalue weighted by Gasteiger charge is -2.34. The molecule has 0 bridgehead atoms. The summed E-state index contributed by atoms with van der Waals surface area (Å²) in [6.45, 7) is 4.35. The number of aromatic nitrogens is 1. The van der Waals surface area contributed by atoms with Crippen molar-refractivity contribution in [2.45, 2.75) is 0 Å². The van der Waals surface area contributed by atoms with E-state index in [0.717, 1.165) is 57.7 Å². The highest BCUT2D eigenvalue weighted by atomic mass is 32.1. The Labute approximate surface area is 209 Å². The van der Waals surface area contributed by atoms with E-state index in [2.05, 4.69) is 20.1 Å². The van der Waals surface area contributed by atoms with Gasteiger partial charge in [0.1, 0.15) is 17.0 Å². The number of benzene rings is 3. The SMILES string of the molecule is O=C(NCCN1CCN(c2nc3ccc(F)cc3s2)CC1)c1cc2c(ccc3ccccc32)oc1=O. The van der Waals surface area contributed by atoms with Crippen molar-refractivity contribution in [3.05, 3.63) is 82.5 Å². The lowest BCUT2D eigenvalue weighted by molar-refractivity contribution is 0.0944. The molecule has 3 heterocycles. The van der Waals surface area contributed by atoms with Crippen molar-refractivity contribution >= 4 is 54.3 Å². The Morgan fingerprint density at radius 1 is 1.03 bits per heavy atom. The molecule has 1 amide bonds. The van der Waals surface area contributed by atoms with Crippen LogP contribution in [0.5, 0.6) is 0 Å². The Bertz CT molecular complexity index is 1660. The van der Waals surface area contributed by atoms with Crippen LogP contribution in [-0.2, 0) is 0 Å². The number of nitrogens with one attached hydrogen (secondary N) is 1. The highest BCUT2D eigenvalue weighted by Gasteiger charge is 2.21. The highest BCUT2D eigenvalue weighted by Crippen LogP contribution is 2.30. The molecule has 1 N–H and O–H groups in total. The lowest BCUT2D eigenvalue weighted by atomic mass is 10.0. The number of thiazole rings is 1. The number of nitrogens with zero attached hydrogens (tertiary/aromatic N) is 3. The molecule has 1 saturated heterocycles. The number of fused-ring (bicyclic) bond motifs is 4. The minimum Gasteiger partial charge on any atom is -0.422 e. The molecule has 0 unspecified atom stereocenters. The van der Waals surface area contributed by atoms with E-state index in [0.29, 0.717) is 18.7 Å². The molecule has 2 aromatic heterocycles. The van der Waals surface area contributed by atoms with Crippen LogP contribution in [0, 0.1) is 5.82 Å². The molecule has 7 nitrogen and oxygen atoms in total. The number of hydrogen-bond acceptors (Lipinski definition) is 7. The zero-order chi connectivity index (χ0) is 24.6. The monoisotopic (exact) mass is 502 g/mol. The van der Waals surface area contributed by atoms with Gasteiger partial charge in [-0.15, -0.1) is 0 Å². The summed E-state index contributed by atoms with van der Waals surface area (Å²) in [6.07, 6.45) is 0. The fourth-order valence-electron chi connectivity index (χ4n) is 4.64. The van der Waals surface area contributed by atoms with Gasteiger partial charge in [0.2, 0.25) is 0 Å². The summed E-state index contributed by atoms with van der Waals surface area (Å²) in [5.74, 6) is -0.682. The first kappa shape index (κ1) is 22.6. The van der Waals surface area contributed by atoms with E-state index in [4.69, 9.17) is 4.42 Å². The van der Waals surface area contributed by atoms with Crippen molar-refractivity contribution in [2.75, 3.05) is 44.2 Å². The van der Waals surface area contributed by atoms with Crippen LogP contribution in [0.2, 0.25) is 0 Å². The summed E-state index contributed by atoms with van der Waals surface area (Å²) in [4.78, 5) is 34.4. The van der Waals surface area contributed by atoms with Gasteiger partial charge in [0.15, 0.2) is 5.13 Å². The molecule has 6 rings (SSSR count). The summed E-state index contributed by atoms with van der Waals surface area (Å²) in [6, 6.07) is 17.7. The largest absolute Gasteiger partial charge is 0.422 e. The van der Waals surface area contributed by atoms with Crippen molar-refractivity contribution in [2.24, 2.45) is 0 Å². The van der Waals surface area contributed by atoms with Crippen LogP contribution in [0.4, 0.5) is 9.52 Å². The van der Waals surface area contributed by atoms with Crippen LogP contribution in [0.15, 0.2) is 69.9 Å². The van der Waals surface area contributed by atoms with Gasteiger partial charge in [0.05, 0.1) is 10.2 Å². The number of carbonyl (C=O) groups is 1. The second kappa shape index (κ2) is 9.33. The van der Waals surface area contributed by atoms with E-state index in [-0.39, 0.29) is 11.4 Å². The molecule has 0 radical (unpaired) electrons. The van der Waals surface area contributed by atoms with Crippen molar-refractivity contribution < 1.29 is 13.6 Å². The number of carbonyl (C=O) groups excluding carboxylic acids is 1. The predicted molar refractivity (Wildman–Crippen MR) is 141 cm³/mol. The van der Waals surface area contributed by atoms with Gasteiger partial charge in [-0.2, -0.15) is 0 Å². The molecule has 1 fully saturated rings. The molecule has 182 valence electrons. The van der Waals surface area contributed by atoms with Crippen LogP contribution in [0.3, 0.4) is 0 Å². The van der Waals surface area contributed by atoms with Gasteiger partial charge in [-0.05, 0) is 41.1 Å². The average Bonchev–Trinajstić information content (AvgIpc) is 3.31. The van der Waals surface area contributed by atoms with E-state index in [9.17, 15) is 14.0 Å². The van der Waals surface area contributed by atoms with E-state index in [1.165, 1.54) is 23.5 Å². The first-order chi connectivity index (χ1) is 17.5. The third-order valence-corrected chi connectivity index (χ3v) is 7.66. The molecule has 0 spiro atoms. The van der Waals surface area contributed by atoms with Gasteiger partial charge in [0, 0.05) is 44.7 Å². The molecule has 9 heteroatoms. The molecule has 0 atom stereocenters. The summed E-state index contributed by atoms with van der Waals surface area (Å²) < 4.78 is 19.8. The van der Waals surface area contributed by atoms with Gasteiger partial charge in [0.25, 0.3) is 5.91 Å². The van der Waals surface area contributed by atoms with Gasteiger partial charge < -0.3 is 14.6 Å². The lowest BCUT2D eigenvalue weighted by Crippen LogP contribution is -2.48. The molecule has 0 aliphatic carbocycles. The van der Waals surface area contributed by atoms with Crippen molar-refractivity contribution in [1.82, 2.24) is 15.2 Å². The first-order valence-corrected chi connectivity index (χ1v) is 12.6. The smallest absolute Gasteiger partial charge is 0.349 e. The zero-order valence-electron chi connectivity index (χ0n) is 19.4. The normalized spacial score (nSPS) is 14.6. The second-order valence-corrected chi connectivity index (χ2v) is 9.85. The summed E-state index contributed by atoms with van der Waals surface area (Å²) in [5.41, 5.74) is 0.648. The van der Waals surface area contributed by atoms with Crippen molar-refractivity contribution in [3.63, 3.8) is 0 Å². The van der Waals surface area contributed by atoms with E-state index >= 15 is 0 Å². The third-order valence-electron chi connectivity index (χ3n) is 6.58. The number of anilines is 1. The fraction of sp³-hybridized carbons (Fsp3) is 0.222. The number of halogens is 1. The molecular formula is C27H23FN4O3S. The Morgan fingerprint density at radius 3 is 2.72 bits per heavy atom. The van der Waals surface area contributed by atoms with Crippen LogP contribution in [-0.4, -0.2) is 55.1 Å². The summed E-state index contributed by atoms with van der Waals surface area (Å²) >= 11 is 1.50. The maximum Gasteiger partial charge on any atom is 0.349 e. The van der Waals surface area contributed by atoms with Crippen molar-refractivity contribution in [1.29, 1.82) is 0 Å². The highest BCUT2D eigenvalue weighted by molar-refractivity contribution is 7.22. The standard InChI is InChI=1S/C27H23FN4O3S/c28-18-6-7-22-24(15-18)36-27(30-22)32-13-11-31(12-14-32)10-9-29-25(33)21-16-20-19-4-2-1-3-17(19)5-8-23(20)35-26(21)34/h1-8,15-16H,9-14H2,(H,29,33).